The molecule has 3 rings (SSSR count). The normalized spacial score (nSPS) is 20.7. The Labute approximate surface area is 162 Å². The van der Waals surface area contributed by atoms with Crippen LogP contribution in [0.5, 0.6) is 0 Å². The number of rotatable bonds is 5. The van der Waals surface area contributed by atoms with E-state index in [-0.39, 0.29) is 5.54 Å². The molecule has 27 heavy (non-hydrogen) atoms. The lowest BCUT2D eigenvalue weighted by Gasteiger charge is -2.48. The first kappa shape index (κ1) is 19.7. The van der Waals surface area contributed by atoms with Crippen molar-refractivity contribution >= 4 is 5.96 Å². The molecule has 2 aliphatic rings. The largest absolute Gasteiger partial charge is 0.379 e. The van der Waals surface area contributed by atoms with Crippen molar-refractivity contribution in [3.63, 3.8) is 0 Å². The van der Waals surface area contributed by atoms with Crippen molar-refractivity contribution in [2.75, 3.05) is 39.9 Å². The molecular formula is C21H31N5O. The molecule has 0 aromatic heterocycles. The minimum absolute atomic E-state index is 0.209. The Balaban J connectivity index is 1.58. The molecule has 0 atom stereocenters. The first-order valence-corrected chi connectivity index (χ1v) is 10.0. The highest BCUT2D eigenvalue weighted by atomic mass is 16.5. The van der Waals surface area contributed by atoms with Crippen molar-refractivity contribution in [3.8, 4) is 6.07 Å². The van der Waals surface area contributed by atoms with Crippen LogP contribution in [0.4, 0.5) is 0 Å². The number of morpholine rings is 1. The number of benzene rings is 1. The third-order valence-electron chi connectivity index (χ3n) is 5.79. The third-order valence-corrected chi connectivity index (χ3v) is 5.79. The number of aliphatic imine (C=N–C) groups is 1. The molecule has 2 N–H and O–H groups in total. The van der Waals surface area contributed by atoms with E-state index in [1.807, 2.05) is 31.3 Å². The lowest BCUT2D eigenvalue weighted by Crippen LogP contribution is -2.60. The molecule has 0 amide bonds. The zero-order valence-electron chi connectivity index (χ0n) is 16.3. The van der Waals surface area contributed by atoms with Crippen LogP contribution in [0.2, 0.25) is 0 Å². The van der Waals surface area contributed by atoms with E-state index >= 15 is 0 Å². The molecule has 0 bridgehead atoms. The minimum atomic E-state index is 0.209. The van der Waals surface area contributed by atoms with Crippen LogP contribution >= 0.6 is 0 Å². The van der Waals surface area contributed by atoms with Gasteiger partial charge >= 0.3 is 0 Å². The Morgan fingerprint density at radius 3 is 2.70 bits per heavy atom. The summed E-state index contributed by atoms with van der Waals surface area (Å²) in [5.74, 6) is 0.815. The summed E-state index contributed by atoms with van der Waals surface area (Å²) in [7, 11) is 1.81. The molecule has 0 unspecified atom stereocenters. The second-order valence-electron chi connectivity index (χ2n) is 7.48. The molecule has 0 radical (unpaired) electrons. The lowest BCUT2D eigenvalue weighted by atomic mass is 9.80. The number of nitrogens with zero attached hydrogens (tertiary/aromatic N) is 3. The fourth-order valence-corrected chi connectivity index (χ4v) is 4.26. The standard InChI is InChI=1S/C21H31N5O/c1-23-20(24-16-19-7-5-6-18(14-19)15-22)25-17-21(8-3-2-4-9-21)26-10-12-27-13-11-26/h5-7,14H,2-4,8-13,16-17H2,1H3,(H2,23,24,25). The van der Waals surface area contributed by atoms with Crippen molar-refractivity contribution in [3.05, 3.63) is 35.4 Å². The van der Waals surface area contributed by atoms with Gasteiger partial charge in [-0.15, -0.1) is 0 Å². The SMILES string of the molecule is CN=C(NCc1cccc(C#N)c1)NCC1(N2CCOCC2)CCCCC1. The van der Waals surface area contributed by atoms with E-state index in [4.69, 9.17) is 10.00 Å². The molecular weight excluding hydrogens is 338 g/mol. The number of nitrogens with one attached hydrogen (secondary N) is 2. The average Bonchev–Trinajstić information content (AvgIpc) is 2.75. The van der Waals surface area contributed by atoms with Gasteiger partial charge in [-0.25, -0.2) is 0 Å². The summed E-state index contributed by atoms with van der Waals surface area (Å²) >= 11 is 0. The van der Waals surface area contributed by atoms with E-state index in [9.17, 15) is 0 Å². The van der Waals surface area contributed by atoms with Crippen LogP contribution in [0.15, 0.2) is 29.3 Å². The van der Waals surface area contributed by atoms with Gasteiger partial charge in [0.15, 0.2) is 5.96 Å². The topological polar surface area (TPSA) is 72.7 Å². The zero-order chi connectivity index (χ0) is 19.0. The van der Waals surface area contributed by atoms with Gasteiger partial charge in [0, 0.05) is 38.8 Å². The lowest BCUT2D eigenvalue weighted by molar-refractivity contribution is -0.0352. The summed E-state index contributed by atoms with van der Waals surface area (Å²) in [6.45, 7) is 5.28. The van der Waals surface area contributed by atoms with Gasteiger partial charge in [0.25, 0.3) is 0 Å². The molecule has 1 aromatic carbocycles. The Kier molecular flexibility index (Phi) is 7.08. The van der Waals surface area contributed by atoms with E-state index in [1.165, 1.54) is 32.1 Å². The number of hydrogen-bond donors (Lipinski definition) is 2. The third kappa shape index (κ3) is 5.21. The maximum absolute atomic E-state index is 9.05. The maximum atomic E-state index is 9.05. The molecule has 0 spiro atoms. The van der Waals surface area contributed by atoms with Crippen LogP contribution in [-0.2, 0) is 11.3 Å². The summed E-state index contributed by atoms with van der Waals surface area (Å²) in [6, 6.07) is 9.87. The Hall–Kier alpha value is -2.10. The van der Waals surface area contributed by atoms with Gasteiger partial charge in [-0.05, 0) is 30.5 Å². The monoisotopic (exact) mass is 369 g/mol. The van der Waals surface area contributed by atoms with E-state index in [0.29, 0.717) is 12.1 Å². The molecule has 1 heterocycles. The van der Waals surface area contributed by atoms with Crippen LogP contribution in [0.1, 0.15) is 43.2 Å². The molecule has 146 valence electrons. The highest BCUT2D eigenvalue weighted by Crippen LogP contribution is 2.33. The van der Waals surface area contributed by atoms with Gasteiger partial charge in [0.1, 0.15) is 0 Å². The second-order valence-corrected chi connectivity index (χ2v) is 7.48. The van der Waals surface area contributed by atoms with Gasteiger partial charge in [-0.1, -0.05) is 31.4 Å². The summed E-state index contributed by atoms with van der Waals surface area (Å²) < 4.78 is 5.57. The molecule has 1 saturated carbocycles. The van der Waals surface area contributed by atoms with Crippen LogP contribution in [0, 0.1) is 11.3 Å². The first-order valence-electron chi connectivity index (χ1n) is 10.0. The zero-order valence-corrected chi connectivity index (χ0v) is 16.3. The maximum Gasteiger partial charge on any atom is 0.191 e. The fraction of sp³-hybridized carbons (Fsp3) is 0.619. The average molecular weight is 370 g/mol. The van der Waals surface area contributed by atoms with Gasteiger partial charge in [-0.3, -0.25) is 9.89 Å². The van der Waals surface area contributed by atoms with Crippen molar-refractivity contribution in [2.24, 2.45) is 4.99 Å². The summed E-state index contributed by atoms with van der Waals surface area (Å²) in [4.78, 5) is 7.02. The second kappa shape index (κ2) is 9.72. The van der Waals surface area contributed by atoms with Crippen LogP contribution in [0.25, 0.3) is 0 Å². The predicted molar refractivity (Wildman–Crippen MR) is 108 cm³/mol. The summed E-state index contributed by atoms with van der Waals surface area (Å²) in [5, 5.41) is 16.0. The van der Waals surface area contributed by atoms with Gasteiger partial charge < -0.3 is 15.4 Å². The highest BCUT2D eigenvalue weighted by Gasteiger charge is 2.38. The number of guanidine groups is 1. The van der Waals surface area contributed by atoms with Crippen LogP contribution in [-0.4, -0.2) is 56.3 Å². The Morgan fingerprint density at radius 1 is 1.22 bits per heavy atom. The summed E-state index contributed by atoms with van der Waals surface area (Å²) in [6.07, 6.45) is 6.41. The number of ether oxygens (including phenoxy) is 1. The number of hydrogen-bond acceptors (Lipinski definition) is 4. The van der Waals surface area contributed by atoms with Crippen LogP contribution in [0.3, 0.4) is 0 Å². The van der Waals surface area contributed by atoms with E-state index in [1.54, 1.807) is 0 Å². The van der Waals surface area contributed by atoms with Gasteiger partial charge in [0.05, 0.1) is 24.8 Å². The van der Waals surface area contributed by atoms with E-state index in [0.717, 1.165) is 44.4 Å². The predicted octanol–water partition coefficient (Wildman–Crippen LogP) is 2.26. The Morgan fingerprint density at radius 2 is 2.00 bits per heavy atom. The molecule has 6 nitrogen and oxygen atoms in total. The minimum Gasteiger partial charge on any atom is -0.379 e. The summed E-state index contributed by atoms with van der Waals surface area (Å²) in [5.41, 5.74) is 1.98. The molecule has 1 saturated heterocycles. The van der Waals surface area contributed by atoms with Crippen LogP contribution < -0.4 is 10.6 Å². The molecule has 1 aliphatic carbocycles. The molecule has 2 fully saturated rings. The Bertz CT molecular complexity index is 669. The van der Waals surface area contributed by atoms with Crippen molar-refractivity contribution in [1.29, 1.82) is 5.26 Å². The van der Waals surface area contributed by atoms with Crippen molar-refractivity contribution in [1.82, 2.24) is 15.5 Å². The van der Waals surface area contributed by atoms with E-state index < -0.39 is 0 Å². The van der Waals surface area contributed by atoms with Gasteiger partial charge in [0.2, 0.25) is 0 Å². The smallest absolute Gasteiger partial charge is 0.191 e. The van der Waals surface area contributed by atoms with Crippen molar-refractivity contribution < 1.29 is 4.74 Å². The van der Waals surface area contributed by atoms with Gasteiger partial charge in [-0.2, -0.15) is 5.26 Å². The van der Waals surface area contributed by atoms with Crippen molar-refractivity contribution in [2.45, 2.75) is 44.2 Å². The number of nitriles is 1. The molecule has 1 aromatic rings. The first-order chi connectivity index (χ1) is 13.3. The molecule has 1 aliphatic heterocycles. The molecule has 6 heteroatoms. The fourth-order valence-electron chi connectivity index (χ4n) is 4.26. The quantitative estimate of drug-likeness (QED) is 0.615. The van der Waals surface area contributed by atoms with E-state index in [2.05, 4.69) is 26.6 Å². The highest BCUT2D eigenvalue weighted by molar-refractivity contribution is 5.79.